The number of alkyl halides is 3. The fraction of sp³-hybridized carbons (Fsp3) is 0.706. The highest BCUT2D eigenvalue weighted by Gasteiger charge is 2.30. The van der Waals surface area contributed by atoms with Gasteiger partial charge in [-0.2, -0.15) is 13.2 Å². The van der Waals surface area contributed by atoms with Crippen LogP contribution in [-0.2, 0) is 11.2 Å². The molecule has 1 amide bonds. The monoisotopic (exact) mass is 358 g/mol. The van der Waals surface area contributed by atoms with Crippen LogP contribution in [0.15, 0.2) is 12.3 Å². The van der Waals surface area contributed by atoms with Gasteiger partial charge in [-0.3, -0.25) is 4.79 Å². The van der Waals surface area contributed by atoms with Gasteiger partial charge in [-0.1, -0.05) is 0 Å². The molecule has 1 aromatic rings. The number of carbonyl (C=O) groups excluding carboxylic acids is 1. The zero-order valence-corrected chi connectivity index (χ0v) is 14.7. The molecule has 0 aliphatic carbocycles. The first kappa shape index (κ1) is 19.5. The molecule has 1 aliphatic rings. The molecule has 2 rings (SSSR count). The van der Waals surface area contributed by atoms with Crippen molar-refractivity contribution in [2.45, 2.75) is 45.7 Å². The maximum atomic E-state index is 12.6. The van der Waals surface area contributed by atoms with Crippen LogP contribution in [0.5, 0.6) is 0 Å². The highest BCUT2D eigenvalue weighted by atomic mass is 19.4. The molecule has 8 heteroatoms. The van der Waals surface area contributed by atoms with Crippen LogP contribution in [0, 0.1) is 5.92 Å². The molecule has 1 fully saturated rings. The SMILES string of the molecule is CCN(CC)C(=O)[C@H]1CCCN(c2nccc(CCC(F)(F)F)n2)C1. The van der Waals surface area contributed by atoms with Gasteiger partial charge in [0.2, 0.25) is 11.9 Å². The summed E-state index contributed by atoms with van der Waals surface area (Å²) in [5, 5.41) is 0. The van der Waals surface area contributed by atoms with Crippen molar-refractivity contribution in [2.75, 3.05) is 31.1 Å². The fourth-order valence-electron chi connectivity index (χ4n) is 3.10. The van der Waals surface area contributed by atoms with E-state index in [1.165, 1.54) is 12.3 Å². The summed E-state index contributed by atoms with van der Waals surface area (Å²) in [4.78, 5) is 24.7. The van der Waals surface area contributed by atoms with Crippen LogP contribution in [0.3, 0.4) is 0 Å². The van der Waals surface area contributed by atoms with E-state index in [0.717, 1.165) is 12.8 Å². The summed E-state index contributed by atoms with van der Waals surface area (Å²) < 4.78 is 37.2. The molecular formula is C17H25F3N4O. The number of rotatable bonds is 6. The first-order chi connectivity index (χ1) is 11.8. The van der Waals surface area contributed by atoms with Gasteiger partial charge in [-0.25, -0.2) is 9.97 Å². The number of piperidine rings is 1. The second-order valence-electron chi connectivity index (χ2n) is 6.26. The number of aryl methyl sites for hydroxylation is 1. The van der Waals surface area contributed by atoms with Gasteiger partial charge in [0.05, 0.1) is 5.92 Å². The molecule has 0 spiro atoms. The van der Waals surface area contributed by atoms with Crippen LogP contribution in [0.1, 0.15) is 38.8 Å². The third-order valence-electron chi connectivity index (χ3n) is 4.49. The third kappa shape index (κ3) is 5.57. The number of hydrogen-bond acceptors (Lipinski definition) is 4. The predicted octanol–water partition coefficient (Wildman–Crippen LogP) is 3.06. The molecule has 1 aromatic heterocycles. The number of carbonyl (C=O) groups is 1. The summed E-state index contributed by atoms with van der Waals surface area (Å²) in [6.45, 7) is 6.48. The minimum atomic E-state index is -4.20. The Kier molecular flexibility index (Phi) is 6.61. The van der Waals surface area contributed by atoms with E-state index in [4.69, 9.17) is 0 Å². The van der Waals surface area contributed by atoms with Crippen molar-refractivity contribution >= 4 is 11.9 Å². The van der Waals surface area contributed by atoms with E-state index in [-0.39, 0.29) is 18.2 Å². The number of anilines is 1. The molecule has 1 saturated heterocycles. The van der Waals surface area contributed by atoms with Crippen molar-refractivity contribution in [3.8, 4) is 0 Å². The van der Waals surface area contributed by atoms with E-state index in [9.17, 15) is 18.0 Å². The maximum Gasteiger partial charge on any atom is 0.389 e. The van der Waals surface area contributed by atoms with Crippen molar-refractivity contribution in [3.63, 3.8) is 0 Å². The van der Waals surface area contributed by atoms with Crippen molar-refractivity contribution in [3.05, 3.63) is 18.0 Å². The highest BCUT2D eigenvalue weighted by Crippen LogP contribution is 2.24. The maximum absolute atomic E-state index is 12.6. The Balaban J connectivity index is 2.04. The molecule has 0 unspecified atom stereocenters. The number of nitrogens with zero attached hydrogens (tertiary/aromatic N) is 4. The van der Waals surface area contributed by atoms with Gasteiger partial charge in [0.1, 0.15) is 0 Å². The van der Waals surface area contributed by atoms with Crippen molar-refractivity contribution < 1.29 is 18.0 Å². The molecule has 0 bridgehead atoms. The van der Waals surface area contributed by atoms with E-state index in [1.54, 1.807) is 0 Å². The van der Waals surface area contributed by atoms with Gasteiger partial charge in [0, 0.05) is 44.5 Å². The smallest absolute Gasteiger partial charge is 0.343 e. The van der Waals surface area contributed by atoms with Crippen LogP contribution in [0.4, 0.5) is 19.1 Å². The molecule has 25 heavy (non-hydrogen) atoms. The lowest BCUT2D eigenvalue weighted by atomic mass is 9.96. The molecule has 2 heterocycles. The van der Waals surface area contributed by atoms with Crippen molar-refractivity contribution in [1.29, 1.82) is 0 Å². The molecule has 1 aliphatic heterocycles. The zero-order chi connectivity index (χ0) is 18.4. The Morgan fingerprint density at radius 3 is 2.72 bits per heavy atom. The van der Waals surface area contributed by atoms with Crippen molar-refractivity contribution in [2.24, 2.45) is 5.92 Å². The van der Waals surface area contributed by atoms with Crippen LogP contribution in [0.2, 0.25) is 0 Å². The van der Waals surface area contributed by atoms with Crippen LogP contribution in [-0.4, -0.2) is 53.1 Å². The number of amides is 1. The lowest BCUT2D eigenvalue weighted by Crippen LogP contribution is -2.45. The lowest BCUT2D eigenvalue weighted by Gasteiger charge is -2.34. The second kappa shape index (κ2) is 8.49. The van der Waals surface area contributed by atoms with Gasteiger partial charge in [0.25, 0.3) is 0 Å². The van der Waals surface area contributed by atoms with Crippen molar-refractivity contribution in [1.82, 2.24) is 14.9 Å². The van der Waals surface area contributed by atoms with Crippen LogP contribution < -0.4 is 4.90 Å². The molecule has 140 valence electrons. The van der Waals surface area contributed by atoms with Crippen LogP contribution >= 0.6 is 0 Å². The van der Waals surface area contributed by atoms with Crippen LogP contribution in [0.25, 0.3) is 0 Å². The minimum Gasteiger partial charge on any atom is -0.343 e. The number of halogens is 3. The Morgan fingerprint density at radius 1 is 1.36 bits per heavy atom. The van der Waals surface area contributed by atoms with Gasteiger partial charge in [-0.05, 0) is 39.2 Å². The topological polar surface area (TPSA) is 49.3 Å². The summed E-state index contributed by atoms with van der Waals surface area (Å²) in [6, 6.07) is 1.51. The standard InChI is InChI=1S/C17H25F3N4O/c1-3-23(4-2)15(25)13-6-5-11-24(12-13)16-21-10-8-14(22-16)7-9-17(18,19)20/h8,10,13H,3-7,9,11-12H2,1-2H3/t13-/m0/s1. The molecule has 5 nitrogen and oxygen atoms in total. The van der Waals surface area contributed by atoms with Gasteiger partial charge < -0.3 is 9.80 Å². The fourth-order valence-corrected chi connectivity index (χ4v) is 3.10. The molecule has 0 aromatic carbocycles. The Bertz CT molecular complexity index is 575. The first-order valence-corrected chi connectivity index (χ1v) is 8.76. The minimum absolute atomic E-state index is 0.115. The quantitative estimate of drug-likeness (QED) is 0.784. The largest absolute Gasteiger partial charge is 0.389 e. The molecule has 1 atom stereocenters. The normalized spacial score (nSPS) is 18.3. The van der Waals surface area contributed by atoms with Gasteiger partial charge >= 0.3 is 6.18 Å². The number of hydrogen-bond donors (Lipinski definition) is 0. The second-order valence-corrected chi connectivity index (χ2v) is 6.26. The summed E-state index contributed by atoms with van der Waals surface area (Å²) in [5.41, 5.74) is 0.375. The zero-order valence-electron chi connectivity index (χ0n) is 14.7. The average Bonchev–Trinajstić information content (AvgIpc) is 2.61. The molecular weight excluding hydrogens is 333 g/mol. The Hall–Kier alpha value is -1.86. The average molecular weight is 358 g/mol. The van der Waals surface area contributed by atoms with E-state index in [1.807, 2.05) is 23.6 Å². The molecule has 0 radical (unpaired) electrons. The first-order valence-electron chi connectivity index (χ1n) is 8.76. The Morgan fingerprint density at radius 2 is 2.08 bits per heavy atom. The van der Waals surface area contributed by atoms with Gasteiger partial charge in [0.15, 0.2) is 0 Å². The summed E-state index contributed by atoms with van der Waals surface area (Å²) in [5.74, 6) is 0.427. The number of aromatic nitrogens is 2. The van der Waals surface area contributed by atoms with Gasteiger partial charge in [-0.15, -0.1) is 0 Å². The Labute approximate surface area is 146 Å². The molecule has 0 N–H and O–H groups in total. The predicted molar refractivity (Wildman–Crippen MR) is 89.3 cm³/mol. The van der Waals surface area contributed by atoms with E-state index >= 15 is 0 Å². The molecule has 0 saturated carbocycles. The summed E-state index contributed by atoms with van der Waals surface area (Å²) in [7, 11) is 0. The lowest BCUT2D eigenvalue weighted by molar-refractivity contribution is -0.135. The van der Waals surface area contributed by atoms with E-state index in [2.05, 4.69) is 9.97 Å². The third-order valence-corrected chi connectivity index (χ3v) is 4.49. The highest BCUT2D eigenvalue weighted by molar-refractivity contribution is 5.79. The van der Waals surface area contributed by atoms with E-state index in [0.29, 0.717) is 37.8 Å². The summed E-state index contributed by atoms with van der Waals surface area (Å²) >= 11 is 0. The summed E-state index contributed by atoms with van der Waals surface area (Å²) in [6.07, 6.45) is -2.10. The van der Waals surface area contributed by atoms with E-state index < -0.39 is 12.6 Å².